The summed E-state index contributed by atoms with van der Waals surface area (Å²) in [6.07, 6.45) is 10.8. The maximum atomic E-state index is 14.2. The van der Waals surface area contributed by atoms with Gasteiger partial charge in [-0.2, -0.15) is 0 Å². The molecule has 2 saturated carbocycles. The van der Waals surface area contributed by atoms with Gasteiger partial charge in [0.25, 0.3) is 0 Å². The van der Waals surface area contributed by atoms with Crippen LogP contribution in [0.4, 0.5) is 0 Å². The van der Waals surface area contributed by atoms with Crippen LogP contribution in [0.3, 0.4) is 0 Å². The Morgan fingerprint density at radius 2 is 1.13 bits per heavy atom. The molecule has 2 aromatic carbocycles. The lowest BCUT2D eigenvalue weighted by molar-refractivity contribution is -0.133. The molecule has 0 radical (unpaired) electrons. The van der Waals surface area contributed by atoms with E-state index in [1.165, 1.54) is 0 Å². The molecule has 13 heteroatoms. The molecule has 0 spiro atoms. The summed E-state index contributed by atoms with van der Waals surface area (Å²) >= 11 is 0. The first-order valence-electron chi connectivity index (χ1n) is 19.2. The normalized spacial score (nSPS) is 24.9. The van der Waals surface area contributed by atoms with E-state index < -0.39 is 59.6 Å². The highest BCUT2D eigenvalue weighted by atomic mass is 16.2. The van der Waals surface area contributed by atoms with E-state index in [1.54, 1.807) is 48.5 Å². The Hall–Kier alpha value is -5.33. The Bertz CT molecular complexity index is 1680. The number of benzene rings is 2. The van der Waals surface area contributed by atoms with Gasteiger partial charge >= 0.3 is 0 Å². The van der Waals surface area contributed by atoms with E-state index in [4.69, 9.17) is 5.73 Å². The Morgan fingerprint density at radius 3 is 1.76 bits per heavy atom. The van der Waals surface area contributed by atoms with Crippen molar-refractivity contribution in [2.45, 2.75) is 108 Å². The minimum atomic E-state index is -1.02. The van der Waals surface area contributed by atoms with Gasteiger partial charge in [0.05, 0.1) is 0 Å². The molecule has 0 saturated heterocycles. The van der Waals surface area contributed by atoms with Crippen molar-refractivity contribution >= 4 is 41.2 Å². The number of nitrogens with two attached hydrogens (primary N) is 1. The number of nitrogens with one attached hydrogen (secondary N) is 5. The van der Waals surface area contributed by atoms with E-state index >= 15 is 0 Å². The van der Waals surface area contributed by atoms with Gasteiger partial charge in [0.1, 0.15) is 24.2 Å². The number of carbonyl (C=O) groups excluding carboxylic acids is 7. The summed E-state index contributed by atoms with van der Waals surface area (Å²) < 4.78 is 0. The Kier molecular flexibility index (Phi) is 14.5. The summed E-state index contributed by atoms with van der Waals surface area (Å²) in [6, 6.07) is 11.9. The van der Waals surface area contributed by atoms with Crippen LogP contribution in [0.5, 0.6) is 0 Å². The second-order valence-corrected chi connectivity index (χ2v) is 14.8. The van der Waals surface area contributed by atoms with E-state index in [0.717, 1.165) is 57.1 Å². The van der Waals surface area contributed by atoms with Gasteiger partial charge in [-0.25, -0.2) is 0 Å². The first-order chi connectivity index (χ1) is 26.0. The van der Waals surface area contributed by atoms with Crippen LogP contribution in [0.2, 0.25) is 0 Å². The quantitative estimate of drug-likeness (QED) is 0.212. The van der Waals surface area contributed by atoms with Gasteiger partial charge in [-0.05, 0) is 49.5 Å². The summed E-state index contributed by atoms with van der Waals surface area (Å²) in [4.78, 5) is 92.3. The monoisotopic (exact) mass is 740 g/mol. The van der Waals surface area contributed by atoms with Crippen molar-refractivity contribution in [3.63, 3.8) is 0 Å². The van der Waals surface area contributed by atoms with Crippen LogP contribution in [0.15, 0.2) is 66.7 Å². The van der Waals surface area contributed by atoms with Gasteiger partial charge in [-0.3, -0.25) is 33.6 Å². The van der Waals surface area contributed by atoms with Crippen molar-refractivity contribution in [2.75, 3.05) is 6.54 Å². The van der Waals surface area contributed by atoms with Gasteiger partial charge < -0.3 is 32.3 Å². The van der Waals surface area contributed by atoms with Gasteiger partial charge in [-0.1, -0.05) is 99.5 Å². The number of amides is 6. The molecule has 4 atom stereocenters. The van der Waals surface area contributed by atoms with Crippen LogP contribution in [0, 0.1) is 11.8 Å². The number of ketones is 1. The Labute approximate surface area is 316 Å². The predicted molar refractivity (Wildman–Crippen MR) is 201 cm³/mol. The minimum Gasteiger partial charge on any atom is -0.368 e. The largest absolute Gasteiger partial charge is 0.368 e. The standard InChI is InChI=1S/C41H52N6O7/c42-38(51)31-13-7-8-22-43-39(52)32(24-28-16-18-30(19-17-28)37(50)29-11-5-2-6-12-29)46-41(54)34(23-26-9-3-1-4-10-26)47-40(53)33(25-27-14-15-27)45-36(49)21-20-35(48)44-31/h2,5-6,11-12,16-21,26-27,31-34H,1,3-4,7-10,13-15,22-25H2,(H2,42,51)(H,43,52)(H,44,48)(H,45,49)(H,46,54)(H,47,53)/b21-20+/t31?,32?,33-,34-/m0/s1. The molecule has 1 aliphatic heterocycles. The van der Waals surface area contributed by atoms with E-state index in [9.17, 15) is 33.6 Å². The van der Waals surface area contributed by atoms with Crippen LogP contribution >= 0.6 is 0 Å². The molecule has 0 aromatic heterocycles. The highest BCUT2D eigenvalue weighted by Crippen LogP contribution is 2.34. The molecule has 3 aliphatic rings. The number of hydrogen-bond donors (Lipinski definition) is 6. The number of rotatable bonds is 9. The SMILES string of the molecule is NC(=O)C1CCCCNC(=O)C(Cc2ccc(C(=O)c3ccccc3)cc2)NC(=O)[C@H](CC2CCCCC2)NC(=O)[C@H](CC2CC2)NC(=O)/C=C/C(=O)N1. The third-order valence-electron chi connectivity index (χ3n) is 10.4. The van der Waals surface area contributed by atoms with Crippen molar-refractivity contribution in [3.8, 4) is 0 Å². The highest BCUT2D eigenvalue weighted by molar-refractivity contribution is 6.09. The Balaban J connectivity index is 1.39. The number of primary amides is 1. The van der Waals surface area contributed by atoms with Crippen molar-refractivity contribution in [3.05, 3.63) is 83.4 Å². The van der Waals surface area contributed by atoms with Gasteiger partial charge in [0.15, 0.2) is 5.78 Å². The van der Waals surface area contributed by atoms with Crippen LogP contribution in [0.1, 0.15) is 98.5 Å². The van der Waals surface area contributed by atoms with Crippen molar-refractivity contribution in [2.24, 2.45) is 17.6 Å². The molecular weight excluding hydrogens is 688 g/mol. The van der Waals surface area contributed by atoms with E-state index in [1.807, 2.05) is 6.07 Å². The molecule has 1 heterocycles. The molecule has 54 heavy (non-hydrogen) atoms. The summed E-state index contributed by atoms with van der Waals surface area (Å²) in [6.45, 7) is 0.223. The maximum Gasteiger partial charge on any atom is 0.244 e. The zero-order valence-corrected chi connectivity index (χ0v) is 30.6. The molecule has 2 aromatic rings. The highest BCUT2D eigenvalue weighted by Gasteiger charge is 2.34. The lowest BCUT2D eigenvalue weighted by atomic mass is 9.84. The second-order valence-electron chi connectivity index (χ2n) is 14.8. The van der Waals surface area contributed by atoms with Gasteiger partial charge in [0, 0.05) is 36.2 Å². The third kappa shape index (κ3) is 12.4. The zero-order valence-electron chi connectivity index (χ0n) is 30.6. The maximum absolute atomic E-state index is 14.2. The fourth-order valence-electron chi connectivity index (χ4n) is 7.13. The van der Waals surface area contributed by atoms with E-state index in [2.05, 4.69) is 26.6 Å². The lowest BCUT2D eigenvalue weighted by Gasteiger charge is -2.29. The molecule has 5 rings (SSSR count). The van der Waals surface area contributed by atoms with E-state index in [0.29, 0.717) is 42.4 Å². The minimum absolute atomic E-state index is 0.115. The smallest absolute Gasteiger partial charge is 0.244 e. The molecule has 13 nitrogen and oxygen atoms in total. The van der Waals surface area contributed by atoms with Crippen molar-refractivity contribution in [1.82, 2.24) is 26.6 Å². The molecule has 6 amide bonds. The molecule has 0 bridgehead atoms. The fraction of sp³-hybridized carbons (Fsp3) is 0.488. The van der Waals surface area contributed by atoms with Gasteiger partial charge in [0.2, 0.25) is 35.4 Å². The fourth-order valence-corrected chi connectivity index (χ4v) is 7.13. The molecule has 2 unspecified atom stereocenters. The summed E-state index contributed by atoms with van der Waals surface area (Å²) in [5, 5.41) is 13.9. The van der Waals surface area contributed by atoms with Crippen LogP contribution in [-0.2, 0) is 35.2 Å². The Morgan fingerprint density at radius 1 is 0.574 bits per heavy atom. The van der Waals surface area contributed by atoms with E-state index in [-0.39, 0.29) is 37.0 Å². The molecular formula is C41H52N6O7. The topological polar surface area (TPSA) is 206 Å². The molecule has 2 aliphatic carbocycles. The van der Waals surface area contributed by atoms with Crippen molar-refractivity contribution in [1.29, 1.82) is 0 Å². The molecule has 7 N–H and O–H groups in total. The van der Waals surface area contributed by atoms with Crippen molar-refractivity contribution < 1.29 is 33.6 Å². The summed E-state index contributed by atoms with van der Waals surface area (Å²) in [5.41, 5.74) is 7.27. The molecule has 2 fully saturated rings. The third-order valence-corrected chi connectivity index (χ3v) is 10.4. The number of hydrogen-bond acceptors (Lipinski definition) is 7. The first-order valence-corrected chi connectivity index (χ1v) is 19.2. The average Bonchev–Trinajstić information content (AvgIpc) is 4.00. The average molecular weight is 741 g/mol. The predicted octanol–water partition coefficient (Wildman–Crippen LogP) is 2.51. The number of carbonyl (C=O) groups is 7. The lowest BCUT2D eigenvalue weighted by Crippen LogP contribution is -2.57. The van der Waals surface area contributed by atoms with Crippen LogP contribution in [0.25, 0.3) is 0 Å². The molecule has 288 valence electrons. The summed E-state index contributed by atoms with van der Waals surface area (Å²) in [7, 11) is 0. The zero-order chi connectivity index (χ0) is 38.5. The van der Waals surface area contributed by atoms with Gasteiger partial charge in [-0.15, -0.1) is 0 Å². The second kappa shape index (κ2) is 19.7. The summed E-state index contributed by atoms with van der Waals surface area (Å²) in [5.74, 6) is -3.26. The first kappa shape index (κ1) is 39.9. The van der Waals surface area contributed by atoms with Crippen LogP contribution in [-0.4, -0.2) is 71.9 Å². The van der Waals surface area contributed by atoms with Crippen LogP contribution < -0.4 is 32.3 Å².